The Balaban J connectivity index is 1.43. The lowest BCUT2D eigenvalue weighted by molar-refractivity contribution is -0.119. The molecule has 1 saturated heterocycles. The number of thiazole rings is 1. The van der Waals surface area contributed by atoms with Gasteiger partial charge in [-0.15, -0.1) is 0 Å². The fourth-order valence-electron chi connectivity index (χ4n) is 4.32. The smallest absolute Gasteiger partial charge is 0.408 e. The Morgan fingerprint density at radius 3 is 2.76 bits per heavy atom. The summed E-state index contributed by atoms with van der Waals surface area (Å²) in [6.45, 7) is 8.74. The number of amides is 1. The van der Waals surface area contributed by atoms with Crippen LogP contribution in [0.25, 0.3) is 21.3 Å². The molecule has 0 spiro atoms. The number of benzene rings is 2. The molecule has 0 radical (unpaired) electrons. The summed E-state index contributed by atoms with van der Waals surface area (Å²) in [7, 11) is 0. The average Bonchev–Trinajstić information content (AvgIpc) is 3.41. The highest BCUT2D eigenvalue weighted by Crippen LogP contribution is 2.32. The monoisotopic (exact) mass is 480 g/mol. The van der Waals surface area contributed by atoms with E-state index in [1.54, 1.807) is 23.1 Å². The van der Waals surface area contributed by atoms with E-state index >= 15 is 0 Å². The van der Waals surface area contributed by atoms with Gasteiger partial charge in [-0.1, -0.05) is 29.5 Å². The van der Waals surface area contributed by atoms with Crippen LogP contribution in [0.4, 0.5) is 5.13 Å². The number of morpholine rings is 1. The number of fused-ring (bicyclic) bond motifs is 2. The average molecular weight is 481 g/mol. The molecule has 1 aliphatic rings. The third kappa shape index (κ3) is 4.51. The number of hydrogen-bond donors (Lipinski definition) is 0. The molecule has 0 aliphatic carbocycles. The Morgan fingerprint density at radius 2 is 1.94 bits per heavy atom. The van der Waals surface area contributed by atoms with Crippen molar-refractivity contribution in [3.8, 4) is 0 Å². The standard InChI is InChI=1S/C25H28N4O4S/c1-17-8-9-21-23(18(17)2)26-24(34-21)28(11-5-10-27-12-14-32-15-13-27)22(30)16-29-19-6-3-4-7-20(19)33-25(29)31/h3-4,6-9H,5,10-16H2,1-2H3. The molecule has 0 atom stereocenters. The molecule has 1 fully saturated rings. The zero-order valence-corrected chi connectivity index (χ0v) is 20.3. The third-order valence-electron chi connectivity index (χ3n) is 6.43. The number of aryl methyl sites for hydroxylation is 2. The highest BCUT2D eigenvalue weighted by Gasteiger charge is 2.23. The molecule has 34 heavy (non-hydrogen) atoms. The lowest BCUT2D eigenvalue weighted by Crippen LogP contribution is -2.40. The summed E-state index contributed by atoms with van der Waals surface area (Å²) >= 11 is 1.51. The molecule has 0 saturated carbocycles. The van der Waals surface area contributed by atoms with E-state index in [0.717, 1.165) is 55.0 Å². The number of para-hydroxylation sites is 2. The lowest BCUT2D eigenvalue weighted by atomic mass is 10.1. The molecular weight excluding hydrogens is 452 g/mol. The Labute approximate surface area is 201 Å². The van der Waals surface area contributed by atoms with Crippen LogP contribution in [0.2, 0.25) is 0 Å². The topological polar surface area (TPSA) is 80.8 Å². The minimum atomic E-state index is -0.529. The highest BCUT2D eigenvalue weighted by atomic mass is 32.1. The summed E-state index contributed by atoms with van der Waals surface area (Å²) in [6.07, 6.45) is 0.806. The van der Waals surface area contributed by atoms with Crippen molar-refractivity contribution in [3.63, 3.8) is 0 Å². The maximum atomic E-state index is 13.6. The van der Waals surface area contributed by atoms with E-state index in [-0.39, 0.29) is 12.5 Å². The van der Waals surface area contributed by atoms with Crippen molar-refractivity contribution in [2.24, 2.45) is 0 Å². The number of aromatic nitrogens is 2. The number of anilines is 1. The molecule has 1 aliphatic heterocycles. The summed E-state index contributed by atoms with van der Waals surface area (Å²) in [5.74, 6) is -0.706. The summed E-state index contributed by atoms with van der Waals surface area (Å²) in [4.78, 5) is 35.0. The van der Waals surface area contributed by atoms with Gasteiger partial charge in [0.2, 0.25) is 5.91 Å². The van der Waals surface area contributed by atoms with Crippen molar-refractivity contribution in [1.82, 2.24) is 14.5 Å². The first-order valence-electron chi connectivity index (χ1n) is 11.6. The molecule has 0 N–H and O–H groups in total. The molecule has 3 heterocycles. The fraction of sp³-hybridized carbons (Fsp3) is 0.400. The maximum absolute atomic E-state index is 13.6. The Bertz CT molecular complexity index is 1380. The van der Waals surface area contributed by atoms with Gasteiger partial charge < -0.3 is 9.15 Å². The van der Waals surface area contributed by atoms with Crippen LogP contribution in [0, 0.1) is 13.8 Å². The lowest BCUT2D eigenvalue weighted by Gasteiger charge is -2.27. The normalized spacial score (nSPS) is 14.8. The summed E-state index contributed by atoms with van der Waals surface area (Å²) in [6, 6.07) is 11.3. The molecule has 178 valence electrons. The quantitative estimate of drug-likeness (QED) is 0.402. The van der Waals surface area contributed by atoms with Crippen LogP contribution >= 0.6 is 11.3 Å². The first-order chi connectivity index (χ1) is 16.5. The molecule has 1 amide bonds. The van der Waals surface area contributed by atoms with Crippen LogP contribution in [-0.2, 0) is 16.1 Å². The highest BCUT2D eigenvalue weighted by molar-refractivity contribution is 7.22. The number of ether oxygens (including phenoxy) is 1. The van der Waals surface area contributed by atoms with Crippen LogP contribution in [0.15, 0.2) is 45.6 Å². The van der Waals surface area contributed by atoms with Gasteiger partial charge in [-0.2, -0.15) is 0 Å². The minimum Gasteiger partial charge on any atom is -0.408 e. The Hall–Kier alpha value is -3.01. The largest absolute Gasteiger partial charge is 0.420 e. The number of oxazole rings is 1. The van der Waals surface area contributed by atoms with Gasteiger partial charge in [0.1, 0.15) is 6.54 Å². The zero-order chi connectivity index (χ0) is 23.7. The van der Waals surface area contributed by atoms with Gasteiger partial charge in [0, 0.05) is 26.2 Å². The molecule has 0 unspecified atom stereocenters. The van der Waals surface area contributed by atoms with E-state index in [1.165, 1.54) is 21.5 Å². The number of nitrogens with zero attached hydrogens (tertiary/aromatic N) is 4. The zero-order valence-electron chi connectivity index (χ0n) is 19.5. The van der Waals surface area contributed by atoms with Crippen molar-refractivity contribution in [1.29, 1.82) is 0 Å². The van der Waals surface area contributed by atoms with Crippen molar-refractivity contribution in [3.05, 3.63) is 58.1 Å². The molecule has 0 bridgehead atoms. The number of carbonyl (C=O) groups is 1. The number of carbonyl (C=O) groups excluding carboxylic acids is 1. The second-order valence-corrected chi connectivity index (χ2v) is 9.63. The predicted octanol–water partition coefficient (Wildman–Crippen LogP) is 3.58. The van der Waals surface area contributed by atoms with E-state index in [0.29, 0.717) is 22.8 Å². The molecule has 4 aromatic rings. The second-order valence-electron chi connectivity index (χ2n) is 8.63. The van der Waals surface area contributed by atoms with Gasteiger partial charge in [-0.3, -0.25) is 19.2 Å². The molecule has 2 aromatic carbocycles. The summed E-state index contributed by atoms with van der Waals surface area (Å²) in [5.41, 5.74) is 4.32. The van der Waals surface area contributed by atoms with Crippen LogP contribution in [-0.4, -0.2) is 59.8 Å². The summed E-state index contributed by atoms with van der Waals surface area (Å²) < 4.78 is 13.2. The van der Waals surface area contributed by atoms with Crippen LogP contribution < -0.4 is 10.7 Å². The van der Waals surface area contributed by atoms with E-state index in [9.17, 15) is 9.59 Å². The molecule has 2 aromatic heterocycles. The van der Waals surface area contributed by atoms with Crippen molar-refractivity contribution in [2.45, 2.75) is 26.8 Å². The van der Waals surface area contributed by atoms with Crippen molar-refractivity contribution >= 4 is 43.7 Å². The molecular formula is C25H28N4O4S. The minimum absolute atomic E-state index is 0.0959. The van der Waals surface area contributed by atoms with Gasteiger partial charge in [-0.05, 0) is 49.6 Å². The first kappa shape index (κ1) is 22.8. The maximum Gasteiger partial charge on any atom is 0.420 e. The van der Waals surface area contributed by atoms with E-state index < -0.39 is 5.76 Å². The third-order valence-corrected chi connectivity index (χ3v) is 7.48. The van der Waals surface area contributed by atoms with Crippen molar-refractivity contribution < 1.29 is 13.9 Å². The predicted molar refractivity (Wildman–Crippen MR) is 134 cm³/mol. The van der Waals surface area contributed by atoms with Gasteiger partial charge in [0.25, 0.3) is 0 Å². The number of hydrogen-bond acceptors (Lipinski definition) is 7. The van der Waals surface area contributed by atoms with E-state index in [2.05, 4.69) is 30.9 Å². The van der Waals surface area contributed by atoms with Gasteiger partial charge >= 0.3 is 5.76 Å². The second kappa shape index (κ2) is 9.69. The van der Waals surface area contributed by atoms with Crippen LogP contribution in [0.3, 0.4) is 0 Å². The Morgan fingerprint density at radius 1 is 1.15 bits per heavy atom. The SMILES string of the molecule is Cc1ccc2sc(N(CCCN3CCOCC3)C(=O)Cn3c(=O)oc4ccccc43)nc2c1C. The van der Waals surface area contributed by atoms with E-state index in [4.69, 9.17) is 14.1 Å². The van der Waals surface area contributed by atoms with Crippen molar-refractivity contribution in [2.75, 3.05) is 44.3 Å². The first-order valence-corrected chi connectivity index (χ1v) is 12.4. The van der Waals surface area contributed by atoms with Gasteiger partial charge in [0.05, 0.1) is 28.9 Å². The summed E-state index contributed by atoms with van der Waals surface area (Å²) in [5, 5.41) is 0.663. The van der Waals surface area contributed by atoms with Crippen LogP contribution in [0.1, 0.15) is 17.5 Å². The van der Waals surface area contributed by atoms with Crippen LogP contribution in [0.5, 0.6) is 0 Å². The fourth-order valence-corrected chi connectivity index (χ4v) is 5.39. The Kier molecular flexibility index (Phi) is 6.49. The molecule has 5 rings (SSSR count). The molecule has 8 nitrogen and oxygen atoms in total. The van der Waals surface area contributed by atoms with E-state index in [1.807, 2.05) is 6.07 Å². The molecule has 9 heteroatoms. The number of rotatable bonds is 7. The van der Waals surface area contributed by atoms with Gasteiger partial charge in [-0.25, -0.2) is 9.78 Å². The van der Waals surface area contributed by atoms with Gasteiger partial charge in [0.15, 0.2) is 10.7 Å².